The predicted octanol–water partition coefficient (Wildman–Crippen LogP) is 10.2. The lowest BCUT2D eigenvalue weighted by Crippen LogP contribution is -1.91. The number of hydrogen-bond donors (Lipinski definition) is 0. The molecule has 1 nitrogen and oxygen atoms in total. The van der Waals surface area contributed by atoms with Crippen molar-refractivity contribution in [1.82, 2.24) is 4.98 Å². The van der Waals surface area contributed by atoms with Gasteiger partial charge in [0.2, 0.25) is 0 Å². The lowest BCUT2D eigenvalue weighted by atomic mass is 9.94. The van der Waals surface area contributed by atoms with E-state index in [-0.39, 0.29) is 0 Å². The average molecular weight is 482 g/mol. The summed E-state index contributed by atoms with van der Waals surface area (Å²) in [7, 11) is 0. The summed E-state index contributed by atoms with van der Waals surface area (Å²) in [6, 6.07) is 50.3. The van der Waals surface area contributed by atoms with Gasteiger partial charge in [0.1, 0.15) is 0 Å². The number of fused-ring (bicyclic) bond motifs is 7. The molecule has 0 atom stereocenters. The maximum Gasteiger partial charge on any atom is 0.0788 e. The monoisotopic (exact) mass is 481 g/mol. The summed E-state index contributed by atoms with van der Waals surface area (Å²) in [4.78, 5) is 5.18. The number of hydrogen-bond acceptors (Lipinski definition) is 1. The lowest BCUT2D eigenvalue weighted by molar-refractivity contribution is 1.43. The Labute approximate surface area is 220 Å². The highest BCUT2D eigenvalue weighted by atomic mass is 14.7. The predicted molar refractivity (Wildman–Crippen MR) is 163 cm³/mol. The fourth-order valence-electron chi connectivity index (χ4n) is 5.88. The molecular formula is C37H23N. The van der Waals surface area contributed by atoms with Crippen LogP contribution in [0.5, 0.6) is 0 Å². The maximum atomic E-state index is 5.18. The zero-order valence-electron chi connectivity index (χ0n) is 20.7. The van der Waals surface area contributed by atoms with Crippen LogP contribution in [0.2, 0.25) is 0 Å². The number of aromatic nitrogens is 1. The first-order valence-electron chi connectivity index (χ1n) is 13.1. The number of rotatable bonds is 2. The summed E-state index contributed by atoms with van der Waals surface area (Å²) in [6.45, 7) is 0. The van der Waals surface area contributed by atoms with E-state index in [1.165, 1.54) is 59.6 Å². The molecule has 0 unspecified atom stereocenters. The molecule has 7 aromatic carbocycles. The maximum absolute atomic E-state index is 5.18. The van der Waals surface area contributed by atoms with Crippen LogP contribution in [0.4, 0.5) is 0 Å². The third-order valence-corrected chi connectivity index (χ3v) is 7.79. The Morgan fingerprint density at radius 1 is 0.342 bits per heavy atom. The van der Waals surface area contributed by atoms with Gasteiger partial charge in [-0.3, -0.25) is 0 Å². The van der Waals surface area contributed by atoms with Gasteiger partial charge in [0.25, 0.3) is 0 Å². The number of benzene rings is 7. The second-order valence-corrected chi connectivity index (χ2v) is 10.0. The normalized spacial score (nSPS) is 11.7. The van der Waals surface area contributed by atoms with E-state index in [2.05, 4.69) is 140 Å². The Bertz CT molecular complexity index is 2170. The van der Waals surface area contributed by atoms with Crippen molar-refractivity contribution in [2.45, 2.75) is 0 Å². The molecule has 0 aliphatic heterocycles. The van der Waals surface area contributed by atoms with Crippen molar-refractivity contribution in [2.75, 3.05) is 0 Å². The molecule has 1 aromatic heterocycles. The Hall–Kier alpha value is -5.01. The molecule has 1 heterocycles. The Balaban J connectivity index is 1.31. The largest absolute Gasteiger partial charge is 0.247 e. The SMILES string of the molecule is c1ccc2cc(-c3ccc4cc(-c5nc6ccccc6c6c5ccc5ccccc56)ccc4c3)ccc2c1. The summed E-state index contributed by atoms with van der Waals surface area (Å²) in [5.41, 5.74) is 5.67. The Morgan fingerprint density at radius 2 is 0.868 bits per heavy atom. The van der Waals surface area contributed by atoms with Crippen molar-refractivity contribution in [2.24, 2.45) is 0 Å². The summed E-state index contributed by atoms with van der Waals surface area (Å²) < 4.78 is 0. The van der Waals surface area contributed by atoms with Crippen LogP contribution < -0.4 is 0 Å². The minimum absolute atomic E-state index is 1.03. The highest BCUT2D eigenvalue weighted by Crippen LogP contribution is 2.38. The van der Waals surface area contributed by atoms with Gasteiger partial charge in [-0.1, -0.05) is 115 Å². The van der Waals surface area contributed by atoms with Crippen molar-refractivity contribution in [3.8, 4) is 22.4 Å². The van der Waals surface area contributed by atoms with E-state index < -0.39 is 0 Å². The molecule has 0 amide bonds. The fraction of sp³-hybridized carbons (Fsp3) is 0. The number of pyridine rings is 1. The van der Waals surface area contributed by atoms with Crippen LogP contribution >= 0.6 is 0 Å². The van der Waals surface area contributed by atoms with Crippen molar-refractivity contribution in [3.63, 3.8) is 0 Å². The Morgan fingerprint density at radius 3 is 1.66 bits per heavy atom. The van der Waals surface area contributed by atoms with Gasteiger partial charge in [-0.2, -0.15) is 0 Å². The van der Waals surface area contributed by atoms with Crippen LogP contribution in [-0.4, -0.2) is 4.98 Å². The van der Waals surface area contributed by atoms with Gasteiger partial charge in [0, 0.05) is 21.7 Å². The molecule has 8 aromatic rings. The molecular weight excluding hydrogens is 458 g/mol. The van der Waals surface area contributed by atoms with Crippen molar-refractivity contribution < 1.29 is 0 Å². The van der Waals surface area contributed by atoms with Crippen LogP contribution in [0.15, 0.2) is 140 Å². The third-order valence-electron chi connectivity index (χ3n) is 7.79. The van der Waals surface area contributed by atoms with Gasteiger partial charge in [-0.15, -0.1) is 0 Å². The van der Waals surface area contributed by atoms with E-state index >= 15 is 0 Å². The summed E-state index contributed by atoms with van der Waals surface area (Å²) in [5, 5.41) is 11.2. The molecule has 8 rings (SSSR count). The molecule has 1 heteroatoms. The number of nitrogens with zero attached hydrogens (tertiary/aromatic N) is 1. The minimum Gasteiger partial charge on any atom is -0.247 e. The van der Waals surface area contributed by atoms with Gasteiger partial charge >= 0.3 is 0 Å². The first kappa shape index (κ1) is 21.1. The average Bonchev–Trinajstić information content (AvgIpc) is 2.99. The molecule has 0 spiro atoms. The summed E-state index contributed by atoms with van der Waals surface area (Å²) in [5.74, 6) is 0. The van der Waals surface area contributed by atoms with Gasteiger partial charge in [0.05, 0.1) is 11.2 Å². The zero-order valence-corrected chi connectivity index (χ0v) is 20.7. The van der Waals surface area contributed by atoms with Crippen molar-refractivity contribution in [3.05, 3.63) is 140 Å². The standard InChI is InChI=1S/C37H23N/c1-2-9-26-21-27(14-13-24(26)7-1)28-15-16-30-23-31(18-17-29(30)22-28)37-34-20-19-25-8-3-4-10-32(25)36(34)33-11-5-6-12-35(33)38-37/h1-23H. The minimum atomic E-state index is 1.03. The smallest absolute Gasteiger partial charge is 0.0788 e. The highest BCUT2D eigenvalue weighted by molar-refractivity contribution is 6.22. The quantitative estimate of drug-likeness (QED) is 0.224. The second kappa shape index (κ2) is 8.26. The van der Waals surface area contributed by atoms with E-state index in [4.69, 9.17) is 4.98 Å². The van der Waals surface area contributed by atoms with Gasteiger partial charge < -0.3 is 0 Å². The van der Waals surface area contributed by atoms with Gasteiger partial charge in [0.15, 0.2) is 0 Å². The molecule has 0 aliphatic carbocycles. The molecule has 0 N–H and O–H groups in total. The molecule has 176 valence electrons. The molecule has 0 aliphatic rings. The molecule has 0 radical (unpaired) electrons. The molecule has 0 fully saturated rings. The zero-order chi connectivity index (χ0) is 25.1. The van der Waals surface area contributed by atoms with E-state index in [1.54, 1.807) is 0 Å². The first-order chi connectivity index (χ1) is 18.8. The van der Waals surface area contributed by atoms with E-state index in [0.717, 1.165) is 16.8 Å². The lowest BCUT2D eigenvalue weighted by Gasteiger charge is -2.13. The van der Waals surface area contributed by atoms with E-state index in [1.807, 2.05) is 0 Å². The fourth-order valence-corrected chi connectivity index (χ4v) is 5.88. The number of para-hydroxylation sites is 1. The molecule has 0 saturated heterocycles. The van der Waals surface area contributed by atoms with E-state index in [0.29, 0.717) is 0 Å². The molecule has 0 bridgehead atoms. The van der Waals surface area contributed by atoms with Crippen LogP contribution in [-0.2, 0) is 0 Å². The molecule has 38 heavy (non-hydrogen) atoms. The Kier molecular flexibility index (Phi) is 4.59. The van der Waals surface area contributed by atoms with Gasteiger partial charge in [-0.25, -0.2) is 4.98 Å². The van der Waals surface area contributed by atoms with E-state index in [9.17, 15) is 0 Å². The summed E-state index contributed by atoms with van der Waals surface area (Å²) in [6.07, 6.45) is 0. The van der Waals surface area contributed by atoms with Crippen molar-refractivity contribution in [1.29, 1.82) is 0 Å². The molecule has 0 saturated carbocycles. The first-order valence-corrected chi connectivity index (χ1v) is 13.1. The third kappa shape index (κ3) is 3.29. The second-order valence-electron chi connectivity index (χ2n) is 10.0. The highest BCUT2D eigenvalue weighted by Gasteiger charge is 2.13. The van der Waals surface area contributed by atoms with Crippen LogP contribution in [0, 0.1) is 0 Å². The summed E-state index contributed by atoms with van der Waals surface area (Å²) >= 11 is 0. The van der Waals surface area contributed by atoms with Crippen molar-refractivity contribution >= 4 is 54.0 Å². The van der Waals surface area contributed by atoms with Crippen LogP contribution in [0.25, 0.3) is 76.4 Å². The van der Waals surface area contributed by atoms with Gasteiger partial charge in [-0.05, 0) is 67.7 Å². The topological polar surface area (TPSA) is 12.9 Å². The van der Waals surface area contributed by atoms with Crippen LogP contribution in [0.1, 0.15) is 0 Å². The van der Waals surface area contributed by atoms with Crippen LogP contribution in [0.3, 0.4) is 0 Å².